The molecular weight excluding hydrogens is 314 g/mol. The van der Waals surface area contributed by atoms with E-state index in [1.165, 1.54) is 11.3 Å². The molecule has 0 spiro atoms. The molecule has 7 nitrogen and oxygen atoms in total. The Balaban J connectivity index is 1.54. The number of aromatic amines is 1. The van der Waals surface area contributed by atoms with E-state index in [2.05, 4.69) is 25.8 Å². The summed E-state index contributed by atoms with van der Waals surface area (Å²) in [5.74, 6) is -0.751. The summed E-state index contributed by atoms with van der Waals surface area (Å²) in [4.78, 5) is 34.9. The van der Waals surface area contributed by atoms with Crippen molar-refractivity contribution in [3.8, 4) is 10.7 Å². The molecule has 3 heterocycles. The first-order chi connectivity index (χ1) is 11.2. The molecule has 116 valence electrons. The molecule has 0 saturated carbocycles. The number of carbonyl (C=O) groups excluding carboxylic acids is 2. The molecule has 0 bridgehead atoms. The average Bonchev–Trinajstić information content (AvgIpc) is 3.25. The maximum absolute atomic E-state index is 11.8. The highest BCUT2D eigenvalue weighted by atomic mass is 32.1. The molecular formula is C15H13N5O2S. The molecule has 3 aromatic rings. The van der Waals surface area contributed by atoms with Gasteiger partial charge < -0.3 is 4.98 Å². The molecule has 0 aromatic carbocycles. The molecule has 3 rings (SSSR count). The summed E-state index contributed by atoms with van der Waals surface area (Å²) >= 11 is 1.42. The maximum Gasteiger partial charge on any atom is 0.286 e. The Morgan fingerprint density at radius 1 is 1.17 bits per heavy atom. The van der Waals surface area contributed by atoms with E-state index >= 15 is 0 Å². The van der Waals surface area contributed by atoms with E-state index in [4.69, 9.17) is 0 Å². The van der Waals surface area contributed by atoms with Crippen LogP contribution in [0, 0.1) is 0 Å². The van der Waals surface area contributed by atoms with Crippen molar-refractivity contribution in [1.29, 1.82) is 0 Å². The average molecular weight is 327 g/mol. The number of hydrazine groups is 1. The van der Waals surface area contributed by atoms with E-state index in [1.807, 2.05) is 18.2 Å². The van der Waals surface area contributed by atoms with Gasteiger partial charge >= 0.3 is 0 Å². The number of hydrogen-bond donors (Lipinski definition) is 3. The van der Waals surface area contributed by atoms with Crippen molar-refractivity contribution in [2.45, 2.75) is 6.42 Å². The zero-order valence-electron chi connectivity index (χ0n) is 11.9. The number of amides is 2. The van der Waals surface area contributed by atoms with E-state index < -0.39 is 5.91 Å². The number of nitrogens with zero attached hydrogens (tertiary/aromatic N) is 2. The third-order valence-corrected chi connectivity index (χ3v) is 3.85. The standard InChI is InChI=1S/C15H13N5O2S/c21-13(19-20-14(22)11-5-3-7-16-11)8-10-9-23-15(18-10)12-4-1-2-6-17-12/h1-7,9,16H,8H2,(H,19,21)(H,20,22). The summed E-state index contributed by atoms with van der Waals surface area (Å²) in [6.45, 7) is 0. The lowest BCUT2D eigenvalue weighted by molar-refractivity contribution is -0.121. The Morgan fingerprint density at radius 3 is 2.83 bits per heavy atom. The van der Waals surface area contributed by atoms with Gasteiger partial charge in [0.25, 0.3) is 5.91 Å². The van der Waals surface area contributed by atoms with Gasteiger partial charge in [0.05, 0.1) is 17.8 Å². The zero-order chi connectivity index (χ0) is 16.1. The van der Waals surface area contributed by atoms with Gasteiger partial charge in [-0.1, -0.05) is 6.07 Å². The summed E-state index contributed by atoms with van der Waals surface area (Å²) in [5, 5.41) is 2.56. The first-order valence-electron chi connectivity index (χ1n) is 6.81. The van der Waals surface area contributed by atoms with Crippen molar-refractivity contribution < 1.29 is 9.59 Å². The second kappa shape index (κ2) is 6.84. The van der Waals surface area contributed by atoms with Gasteiger partial charge in [0.2, 0.25) is 5.91 Å². The van der Waals surface area contributed by atoms with Crippen LogP contribution in [0.3, 0.4) is 0 Å². The van der Waals surface area contributed by atoms with Crippen LogP contribution >= 0.6 is 11.3 Å². The van der Waals surface area contributed by atoms with E-state index in [1.54, 1.807) is 29.9 Å². The molecule has 8 heteroatoms. The monoisotopic (exact) mass is 327 g/mol. The minimum absolute atomic E-state index is 0.0777. The lowest BCUT2D eigenvalue weighted by atomic mass is 10.3. The number of H-pyrrole nitrogens is 1. The normalized spacial score (nSPS) is 10.3. The zero-order valence-corrected chi connectivity index (χ0v) is 12.8. The van der Waals surface area contributed by atoms with Crippen LogP contribution in [0.1, 0.15) is 16.2 Å². The molecule has 0 radical (unpaired) electrons. The van der Waals surface area contributed by atoms with Crippen molar-refractivity contribution in [3.63, 3.8) is 0 Å². The highest BCUT2D eigenvalue weighted by Gasteiger charge is 2.11. The molecule has 3 N–H and O–H groups in total. The van der Waals surface area contributed by atoms with Crippen molar-refractivity contribution in [2.24, 2.45) is 0 Å². The van der Waals surface area contributed by atoms with Crippen LogP contribution in [0.25, 0.3) is 10.7 Å². The largest absolute Gasteiger partial charge is 0.357 e. The number of nitrogens with one attached hydrogen (secondary N) is 3. The van der Waals surface area contributed by atoms with Gasteiger partial charge in [-0.2, -0.15) is 0 Å². The molecule has 0 atom stereocenters. The van der Waals surface area contributed by atoms with Crippen LogP contribution in [0.15, 0.2) is 48.1 Å². The molecule has 0 saturated heterocycles. The van der Waals surface area contributed by atoms with Crippen LogP contribution in [0.2, 0.25) is 0 Å². The molecule has 0 unspecified atom stereocenters. The number of pyridine rings is 1. The summed E-state index contributed by atoms with van der Waals surface area (Å²) in [7, 11) is 0. The first kappa shape index (κ1) is 14.9. The molecule has 2 amide bonds. The Hall–Kier alpha value is -3.00. The second-order valence-electron chi connectivity index (χ2n) is 4.62. The fourth-order valence-corrected chi connectivity index (χ4v) is 2.66. The molecule has 0 aliphatic rings. The van der Waals surface area contributed by atoms with Crippen LogP contribution < -0.4 is 10.9 Å². The van der Waals surface area contributed by atoms with Crippen LogP contribution in [-0.4, -0.2) is 26.8 Å². The highest BCUT2D eigenvalue weighted by Crippen LogP contribution is 2.21. The molecule has 23 heavy (non-hydrogen) atoms. The number of hydrogen-bond acceptors (Lipinski definition) is 5. The van der Waals surface area contributed by atoms with Crippen molar-refractivity contribution in [1.82, 2.24) is 25.8 Å². The SMILES string of the molecule is O=C(Cc1csc(-c2ccccn2)n1)NNC(=O)c1ccc[nH]1. The third-order valence-electron chi connectivity index (χ3n) is 2.94. The van der Waals surface area contributed by atoms with Gasteiger partial charge in [-0.25, -0.2) is 4.98 Å². The fraction of sp³-hybridized carbons (Fsp3) is 0.0667. The quantitative estimate of drug-likeness (QED) is 0.633. The van der Waals surface area contributed by atoms with Gasteiger partial charge in [-0.3, -0.25) is 25.4 Å². The van der Waals surface area contributed by atoms with Gasteiger partial charge in [0.1, 0.15) is 10.7 Å². The lowest BCUT2D eigenvalue weighted by Crippen LogP contribution is -2.42. The van der Waals surface area contributed by atoms with Gasteiger partial charge in [-0.15, -0.1) is 11.3 Å². The number of aromatic nitrogens is 3. The van der Waals surface area contributed by atoms with E-state index in [-0.39, 0.29) is 12.3 Å². The first-order valence-corrected chi connectivity index (χ1v) is 7.69. The fourth-order valence-electron chi connectivity index (χ4n) is 1.87. The van der Waals surface area contributed by atoms with E-state index in [0.717, 1.165) is 10.7 Å². The van der Waals surface area contributed by atoms with Crippen LogP contribution in [0.5, 0.6) is 0 Å². The Morgan fingerprint density at radius 2 is 2.09 bits per heavy atom. The lowest BCUT2D eigenvalue weighted by Gasteiger charge is -2.05. The number of thiazole rings is 1. The van der Waals surface area contributed by atoms with Crippen molar-refractivity contribution in [3.05, 3.63) is 59.5 Å². The Kier molecular flexibility index (Phi) is 4.44. The Labute approximate surface area is 135 Å². The summed E-state index contributed by atoms with van der Waals surface area (Å²) in [6.07, 6.45) is 3.40. The van der Waals surface area contributed by atoms with Crippen molar-refractivity contribution in [2.75, 3.05) is 0 Å². The predicted molar refractivity (Wildman–Crippen MR) is 85.5 cm³/mol. The number of carbonyl (C=O) groups is 2. The summed E-state index contributed by atoms with van der Waals surface area (Å²) < 4.78 is 0. The smallest absolute Gasteiger partial charge is 0.286 e. The molecule has 3 aromatic heterocycles. The van der Waals surface area contributed by atoms with Crippen LogP contribution in [-0.2, 0) is 11.2 Å². The van der Waals surface area contributed by atoms with E-state index in [9.17, 15) is 9.59 Å². The van der Waals surface area contributed by atoms with Crippen LogP contribution in [0.4, 0.5) is 0 Å². The second-order valence-corrected chi connectivity index (χ2v) is 5.48. The maximum atomic E-state index is 11.8. The van der Waals surface area contributed by atoms with Crippen molar-refractivity contribution >= 4 is 23.2 Å². The Bertz CT molecular complexity index is 798. The molecule has 0 aliphatic carbocycles. The minimum Gasteiger partial charge on any atom is -0.357 e. The predicted octanol–water partition coefficient (Wildman–Crippen LogP) is 1.54. The molecule has 0 aliphatic heterocycles. The molecule has 0 fully saturated rings. The van der Waals surface area contributed by atoms with Gasteiger partial charge in [-0.05, 0) is 24.3 Å². The highest BCUT2D eigenvalue weighted by molar-refractivity contribution is 7.13. The minimum atomic E-state index is -0.407. The van der Waals surface area contributed by atoms with Gasteiger partial charge in [0.15, 0.2) is 0 Å². The topological polar surface area (TPSA) is 99.8 Å². The number of rotatable bonds is 4. The summed E-state index contributed by atoms with van der Waals surface area (Å²) in [5.41, 5.74) is 6.46. The van der Waals surface area contributed by atoms with E-state index in [0.29, 0.717) is 11.4 Å². The summed E-state index contributed by atoms with van der Waals surface area (Å²) in [6, 6.07) is 8.88. The third kappa shape index (κ3) is 3.80. The van der Waals surface area contributed by atoms with Gasteiger partial charge in [0, 0.05) is 17.8 Å².